The number of benzene rings is 2. The summed E-state index contributed by atoms with van der Waals surface area (Å²) in [5.74, 6) is 0.0896. The lowest BCUT2D eigenvalue weighted by Crippen LogP contribution is -2.10. The quantitative estimate of drug-likeness (QED) is 0.536. The molecule has 2 aromatic carbocycles. The van der Waals surface area contributed by atoms with E-state index in [1.54, 1.807) is 18.3 Å². The van der Waals surface area contributed by atoms with Crippen LogP contribution in [0.1, 0.15) is 5.56 Å². The number of aliphatic imine (C=N–C) groups is 1. The minimum absolute atomic E-state index is 0.0896. The van der Waals surface area contributed by atoms with E-state index in [9.17, 15) is 8.63 Å². The SMILES string of the molecule is FB(F)Oc1cc(-c2ccc[nH]2)ccc1C=Nc1ccccc1. The Morgan fingerprint density at radius 3 is 2.52 bits per heavy atom. The first-order valence-corrected chi connectivity index (χ1v) is 7.04. The molecule has 0 unspecified atom stereocenters. The van der Waals surface area contributed by atoms with E-state index in [1.807, 2.05) is 48.5 Å². The molecule has 0 aliphatic rings. The number of para-hydroxylation sites is 1. The smallest absolute Gasteiger partial charge is 0.505 e. The van der Waals surface area contributed by atoms with E-state index in [1.165, 1.54) is 6.21 Å². The molecule has 6 heteroatoms. The van der Waals surface area contributed by atoms with Crippen LogP contribution in [0.5, 0.6) is 5.75 Å². The lowest BCUT2D eigenvalue weighted by molar-refractivity contribution is 0.426. The number of nitrogens with one attached hydrogen (secondary N) is 1. The van der Waals surface area contributed by atoms with Crippen molar-refractivity contribution in [2.24, 2.45) is 4.99 Å². The average Bonchev–Trinajstić information content (AvgIpc) is 3.08. The van der Waals surface area contributed by atoms with Crippen LogP contribution in [0.25, 0.3) is 11.3 Å². The molecule has 0 saturated carbocycles. The summed E-state index contributed by atoms with van der Waals surface area (Å²) in [4.78, 5) is 7.31. The van der Waals surface area contributed by atoms with Crippen LogP contribution in [0.3, 0.4) is 0 Å². The van der Waals surface area contributed by atoms with Crippen molar-refractivity contribution in [2.45, 2.75) is 0 Å². The summed E-state index contributed by atoms with van der Waals surface area (Å²) in [5, 5.41) is 0. The molecular weight excluding hydrogens is 297 g/mol. The molecule has 0 fully saturated rings. The van der Waals surface area contributed by atoms with Crippen molar-refractivity contribution in [1.29, 1.82) is 0 Å². The summed E-state index contributed by atoms with van der Waals surface area (Å²) in [6.07, 6.45) is 3.29. The van der Waals surface area contributed by atoms with E-state index in [-0.39, 0.29) is 5.75 Å². The predicted molar refractivity (Wildman–Crippen MR) is 88.5 cm³/mol. The second-order valence-corrected chi connectivity index (χ2v) is 4.81. The van der Waals surface area contributed by atoms with E-state index in [2.05, 4.69) is 14.6 Å². The topological polar surface area (TPSA) is 37.4 Å². The Morgan fingerprint density at radius 2 is 1.83 bits per heavy atom. The van der Waals surface area contributed by atoms with Crippen LogP contribution in [0, 0.1) is 0 Å². The van der Waals surface area contributed by atoms with Crippen molar-refractivity contribution in [3.05, 3.63) is 72.4 Å². The predicted octanol–water partition coefficient (Wildman–Crippen LogP) is 4.74. The first-order valence-electron chi connectivity index (χ1n) is 7.04. The van der Waals surface area contributed by atoms with Crippen LogP contribution in [-0.2, 0) is 0 Å². The molecule has 0 atom stereocenters. The molecule has 1 aromatic heterocycles. The van der Waals surface area contributed by atoms with Gasteiger partial charge in [-0.15, -0.1) is 0 Å². The van der Waals surface area contributed by atoms with Crippen LogP contribution in [0.15, 0.2) is 71.9 Å². The van der Waals surface area contributed by atoms with Crippen molar-refractivity contribution in [1.82, 2.24) is 4.98 Å². The van der Waals surface area contributed by atoms with Gasteiger partial charge in [-0.05, 0) is 36.4 Å². The summed E-state index contributed by atoms with van der Waals surface area (Å²) in [6.45, 7) is 0. The average molecular weight is 310 g/mol. The van der Waals surface area contributed by atoms with Gasteiger partial charge in [0.25, 0.3) is 0 Å². The van der Waals surface area contributed by atoms with E-state index >= 15 is 0 Å². The number of halogens is 2. The van der Waals surface area contributed by atoms with Crippen LogP contribution in [0.4, 0.5) is 14.3 Å². The Balaban J connectivity index is 1.94. The second kappa shape index (κ2) is 6.92. The Labute approximate surface area is 132 Å². The number of nitrogens with zero attached hydrogens (tertiary/aromatic N) is 1. The van der Waals surface area contributed by atoms with Gasteiger partial charge in [0.1, 0.15) is 5.75 Å². The van der Waals surface area contributed by atoms with Gasteiger partial charge >= 0.3 is 7.47 Å². The Hall–Kier alpha value is -2.89. The minimum atomic E-state index is -2.89. The molecular formula is C17H13BF2N2O. The monoisotopic (exact) mass is 310 g/mol. The number of H-pyrrole nitrogens is 1. The zero-order valence-corrected chi connectivity index (χ0v) is 12.1. The van der Waals surface area contributed by atoms with Gasteiger partial charge in [0.15, 0.2) is 0 Å². The van der Waals surface area contributed by atoms with Gasteiger partial charge in [0.2, 0.25) is 0 Å². The van der Waals surface area contributed by atoms with Gasteiger partial charge in [0.05, 0.1) is 5.69 Å². The minimum Gasteiger partial charge on any atom is -0.505 e. The molecule has 114 valence electrons. The number of aromatic nitrogens is 1. The van der Waals surface area contributed by atoms with Gasteiger partial charge < -0.3 is 9.64 Å². The molecule has 1 heterocycles. The molecule has 3 aromatic rings. The van der Waals surface area contributed by atoms with Crippen LogP contribution in [0.2, 0.25) is 0 Å². The fourth-order valence-electron chi connectivity index (χ4n) is 2.17. The van der Waals surface area contributed by atoms with Gasteiger partial charge in [-0.3, -0.25) is 4.99 Å². The van der Waals surface area contributed by atoms with Crippen molar-refractivity contribution in [2.75, 3.05) is 0 Å². The molecule has 0 bridgehead atoms. The number of hydrogen-bond acceptors (Lipinski definition) is 2. The molecule has 23 heavy (non-hydrogen) atoms. The first-order chi connectivity index (χ1) is 11.2. The summed E-state index contributed by atoms with van der Waals surface area (Å²) >= 11 is 0. The van der Waals surface area contributed by atoms with Gasteiger partial charge in [0, 0.05) is 29.2 Å². The summed E-state index contributed by atoms with van der Waals surface area (Å²) < 4.78 is 30.0. The van der Waals surface area contributed by atoms with Crippen LogP contribution in [-0.4, -0.2) is 18.7 Å². The maximum atomic E-state index is 12.7. The Bertz CT molecular complexity index is 790. The van der Waals surface area contributed by atoms with E-state index in [0.29, 0.717) is 5.56 Å². The molecule has 0 aliphatic carbocycles. The number of aromatic amines is 1. The van der Waals surface area contributed by atoms with E-state index < -0.39 is 7.47 Å². The third-order valence-corrected chi connectivity index (χ3v) is 3.25. The van der Waals surface area contributed by atoms with Crippen molar-refractivity contribution in [3.8, 4) is 17.0 Å². The third-order valence-electron chi connectivity index (χ3n) is 3.25. The molecule has 0 spiro atoms. The highest BCUT2D eigenvalue weighted by atomic mass is 19.2. The van der Waals surface area contributed by atoms with Gasteiger partial charge in [-0.2, -0.15) is 0 Å². The van der Waals surface area contributed by atoms with Crippen molar-refractivity contribution < 1.29 is 13.3 Å². The summed E-state index contributed by atoms with van der Waals surface area (Å²) in [5.41, 5.74) is 2.83. The Morgan fingerprint density at radius 1 is 1.00 bits per heavy atom. The fraction of sp³-hybridized carbons (Fsp3) is 0. The highest BCUT2D eigenvalue weighted by molar-refractivity contribution is 6.35. The van der Waals surface area contributed by atoms with E-state index in [4.69, 9.17) is 0 Å². The summed E-state index contributed by atoms with van der Waals surface area (Å²) in [6, 6.07) is 18.1. The summed E-state index contributed by atoms with van der Waals surface area (Å²) in [7, 11) is -2.89. The normalized spacial score (nSPS) is 10.9. The lowest BCUT2D eigenvalue weighted by Gasteiger charge is -2.09. The Kier molecular flexibility index (Phi) is 4.52. The molecule has 1 N–H and O–H groups in total. The molecule has 3 rings (SSSR count). The lowest BCUT2D eigenvalue weighted by atomic mass is 10.1. The maximum Gasteiger partial charge on any atom is 0.796 e. The zero-order valence-electron chi connectivity index (χ0n) is 12.1. The largest absolute Gasteiger partial charge is 0.796 e. The second-order valence-electron chi connectivity index (χ2n) is 4.81. The molecule has 3 nitrogen and oxygen atoms in total. The highest BCUT2D eigenvalue weighted by Gasteiger charge is 2.20. The number of hydrogen-bond donors (Lipinski definition) is 1. The third kappa shape index (κ3) is 3.85. The highest BCUT2D eigenvalue weighted by Crippen LogP contribution is 2.27. The van der Waals surface area contributed by atoms with Crippen molar-refractivity contribution >= 4 is 19.4 Å². The molecule has 0 aliphatic heterocycles. The van der Waals surface area contributed by atoms with E-state index in [0.717, 1.165) is 16.9 Å². The zero-order chi connectivity index (χ0) is 16.1. The first kappa shape index (κ1) is 15.0. The van der Waals surface area contributed by atoms with Crippen molar-refractivity contribution in [3.63, 3.8) is 0 Å². The maximum absolute atomic E-state index is 12.7. The van der Waals surface area contributed by atoms with Gasteiger partial charge in [-0.1, -0.05) is 24.3 Å². The van der Waals surface area contributed by atoms with Gasteiger partial charge in [-0.25, -0.2) is 8.63 Å². The van der Waals surface area contributed by atoms with Crippen LogP contribution < -0.4 is 4.65 Å². The molecule has 0 amide bonds. The number of rotatable bonds is 5. The molecule has 0 saturated heterocycles. The standard InChI is InChI=1S/C17H13BF2N2O/c19-18(20)23-17-11-13(16-7-4-10-21-16)8-9-14(17)12-22-15-5-2-1-3-6-15/h1-12,21H. The van der Waals surface area contributed by atoms with Crippen LogP contribution >= 0.6 is 0 Å². The molecule has 0 radical (unpaired) electrons. The fourth-order valence-corrected chi connectivity index (χ4v) is 2.17.